The predicted octanol–water partition coefficient (Wildman–Crippen LogP) is 5.40. The number of halogens is 2. The van der Waals surface area contributed by atoms with Crippen LogP contribution < -0.4 is 10.6 Å². The van der Waals surface area contributed by atoms with Crippen LogP contribution in [0.2, 0.25) is 0 Å². The summed E-state index contributed by atoms with van der Waals surface area (Å²) in [6.45, 7) is 0.306. The average molecular weight is 391 g/mol. The number of carbonyl (C=O) groups is 1. The maximum absolute atomic E-state index is 13.4. The predicted molar refractivity (Wildman–Crippen MR) is 110 cm³/mol. The minimum absolute atomic E-state index is 0.175. The number of hydrogen-bond donors (Lipinski definition) is 3. The molecule has 1 atom stereocenters. The molecule has 0 bridgehead atoms. The Morgan fingerprint density at radius 3 is 2.28 bits per heavy atom. The highest BCUT2D eigenvalue weighted by Crippen LogP contribution is 2.30. The molecule has 3 N–H and O–H groups in total. The van der Waals surface area contributed by atoms with Gasteiger partial charge in [-0.15, -0.1) is 0 Å². The van der Waals surface area contributed by atoms with Gasteiger partial charge in [0.2, 0.25) is 0 Å². The summed E-state index contributed by atoms with van der Waals surface area (Å²) >= 11 is 0. The average Bonchev–Trinajstić information content (AvgIpc) is 3.15. The summed E-state index contributed by atoms with van der Waals surface area (Å²) in [4.78, 5) is 15.6. The molecule has 0 saturated heterocycles. The van der Waals surface area contributed by atoms with E-state index in [0.29, 0.717) is 12.2 Å². The quantitative estimate of drug-likeness (QED) is 0.419. The number of anilines is 1. The van der Waals surface area contributed by atoms with E-state index in [4.69, 9.17) is 0 Å². The van der Waals surface area contributed by atoms with Crippen LogP contribution in [0.15, 0.2) is 79.0 Å². The van der Waals surface area contributed by atoms with Crippen LogP contribution in [0.25, 0.3) is 10.9 Å². The Bertz CT molecular complexity index is 1120. The van der Waals surface area contributed by atoms with E-state index in [1.807, 2.05) is 30.5 Å². The largest absolute Gasteiger partial charge is 0.361 e. The number of nitrogens with one attached hydrogen (secondary N) is 3. The summed E-state index contributed by atoms with van der Waals surface area (Å²) in [5.41, 5.74) is 3.38. The third-order valence-electron chi connectivity index (χ3n) is 4.84. The van der Waals surface area contributed by atoms with Gasteiger partial charge in [-0.3, -0.25) is 0 Å². The van der Waals surface area contributed by atoms with Crippen LogP contribution in [-0.2, 0) is 0 Å². The van der Waals surface area contributed by atoms with Crippen LogP contribution in [0.1, 0.15) is 17.0 Å². The molecule has 6 heteroatoms. The molecule has 0 fully saturated rings. The lowest BCUT2D eigenvalue weighted by Crippen LogP contribution is -2.32. The molecule has 0 spiro atoms. The lowest BCUT2D eigenvalue weighted by molar-refractivity contribution is 0.252. The fourth-order valence-corrected chi connectivity index (χ4v) is 3.39. The molecule has 4 nitrogen and oxygen atoms in total. The normalized spacial score (nSPS) is 11.9. The van der Waals surface area contributed by atoms with E-state index in [1.54, 1.807) is 12.1 Å². The number of aromatic amines is 1. The number of urea groups is 1. The summed E-state index contributed by atoms with van der Waals surface area (Å²) in [7, 11) is 0. The number of fused-ring (bicyclic) bond motifs is 1. The first-order valence-corrected chi connectivity index (χ1v) is 9.22. The van der Waals surface area contributed by atoms with Crippen molar-refractivity contribution in [1.29, 1.82) is 0 Å². The Kier molecular flexibility index (Phi) is 5.24. The van der Waals surface area contributed by atoms with E-state index in [-0.39, 0.29) is 17.6 Å². The number of rotatable bonds is 5. The molecule has 0 saturated carbocycles. The van der Waals surface area contributed by atoms with Gasteiger partial charge in [0, 0.05) is 35.2 Å². The summed E-state index contributed by atoms with van der Waals surface area (Å²) in [5, 5.41) is 6.59. The standard InChI is InChI=1S/C23H19F2N3O/c24-16-7-5-15(6-8-16)20(21-14-26-22-4-2-1-3-19(21)22)13-27-23(29)28-18-11-9-17(25)10-12-18/h1-12,14,20,26H,13H2,(H2,27,28,29)/t20-/m1/s1. The summed E-state index contributed by atoms with van der Waals surface area (Å²) in [5.74, 6) is -0.856. The van der Waals surface area contributed by atoms with Crippen LogP contribution >= 0.6 is 0 Å². The van der Waals surface area contributed by atoms with Crippen molar-refractivity contribution in [2.75, 3.05) is 11.9 Å². The van der Waals surface area contributed by atoms with Gasteiger partial charge in [-0.05, 0) is 53.6 Å². The van der Waals surface area contributed by atoms with Crippen molar-refractivity contribution >= 4 is 22.6 Å². The first-order valence-electron chi connectivity index (χ1n) is 9.22. The highest BCUT2D eigenvalue weighted by Gasteiger charge is 2.19. The van der Waals surface area contributed by atoms with Crippen LogP contribution in [-0.4, -0.2) is 17.6 Å². The molecule has 0 radical (unpaired) electrons. The van der Waals surface area contributed by atoms with E-state index in [0.717, 1.165) is 22.0 Å². The summed E-state index contributed by atoms with van der Waals surface area (Å²) in [6.07, 6.45) is 1.91. The molecule has 0 aliphatic rings. The fourth-order valence-electron chi connectivity index (χ4n) is 3.39. The lowest BCUT2D eigenvalue weighted by atomic mass is 9.91. The van der Waals surface area contributed by atoms with Gasteiger partial charge in [0.15, 0.2) is 0 Å². The second-order valence-corrected chi connectivity index (χ2v) is 6.74. The van der Waals surface area contributed by atoms with Gasteiger partial charge in [0.05, 0.1) is 0 Å². The van der Waals surface area contributed by atoms with Gasteiger partial charge < -0.3 is 15.6 Å². The number of hydrogen-bond acceptors (Lipinski definition) is 1. The number of para-hydroxylation sites is 1. The summed E-state index contributed by atoms with van der Waals surface area (Å²) in [6, 6.07) is 19.3. The van der Waals surface area contributed by atoms with E-state index in [9.17, 15) is 13.6 Å². The van der Waals surface area contributed by atoms with Crippen molar-refractivity contribution in [1.82, 2.24) is 10.3 Å². The SMILES string of the molecule is O=C(NC[C@H](c1ccc(F)cc1)c1c[nH]c2ccccc12)Nc1ccc(F)cc1. The second kappa shape index (κ2) is 8.14. The zero-order valence-electron chi connectivity index (χ0n) is 15.5. The number of aromatic nitrogens is 1. The third kappa shape index (κ3) is 4.27. The molecule has 0 aliphatic heterocycles. The summed E-state index contributed by atoms with van der Waals surface area (Å²) < 4.78 is 26.4. The first kappa shape index (κ1) is 18.7. The van der Waals surface area contributed by atoms with Gasteiger partial charge in [-0.2, -0.15) is 0 Å². The van der Waals surface area contributed by atoms with E-state index >= 15 is 0 Å². The molecular formula is C23H19F2N3O. The highest BCUT2D eigenvalue weighted by atomic mass is 19.1. The highest BCUT2D eigenvalue weighted by molar-refractivity contribution is 5.89. The van der Waals surface area contributed by atoms with Crippen molar-refractivity contribution in [3.63, 3.8) is 0 Å². The maximum atomic E-state index is 13.4. The number of benzene rings is 3. The molecule has 2 amide bonds. The van der Waals surface area contributed by atoms with Crippen LogP contribution in [0.5, 0.6) is 0 Å². The van der Waals surface area contributed by atoms with Gasteiger partial charge >= 0.3 is 6.03 Å². The van der Waals surface area contributed by atoms with E-state index in [2.05, 4.69) is 15.6 Å². The molecular weight excluding hydrogens is 372 g/mol. The molecule has 4 rings (SSSR count). The van der Waals surface area contributed by atoms with Crippen LogP contribution in [0, 0.1) is 11.6 Å². The van der Waals surface area contributed by atoms with Crippen molar-refractivity contribution < 1.29 is 13.6 Å². The Hall–Kier alpha value is -3.67. The Morgan fingerprint density at radius 1 is 0.897 bits per heavy atom. The number of carbonyl (C=O) groups excluding carboxylic acids is 1. The molecule has 1 aromatic heterocycles. The van der Waals surface area contributed by atoms with Crippen molar-refractivity contribution in [2.45, 2.75) is 5.92 Å². The van der Waals surface area contributed by atoms with Crippen molar-refractivity contribution in [2.24, 2.45) is 0 Å². The zero-order chi connectivity index (χ0) is 20.2. The second-order valence-electron chi connectivity index (χ2n) is 6.74. The Labute approximate surface area is 166 Å². The van der Waals surface area contributed by atoms with E-state index in [1.165, 1.54) is 36.4 Å². The van der Waals surface area contributed by atoms with Gasteiger partial charge in [-0.1, -0.05) is 30.3 Å². The lowest BCUT2D eigenvalue weighted by Gasteiger charge is -2.18. The van der Waals surface area contributed by atoms with E-state index < -0.39 is 6.03 Å². The molecule has 0 aliphatic carbocycles. The maximum Gasteiger partial charge on any atom is 0.319 e. The fraction of sp³-hybridized carbons (Fsp3) is 0.0870. The zero-order valence-corrected chi connectivity index (χ0v) is 15.5. The number of H-pyrrole nitrogens is 1. The van der Waals surface area contributed by atoms with Gasteiger partial charge in [-0.25, -0.2) is 13.6 Å². The van der Waals surface area contributed by atoms with Crippen LogP contribution in [0.3, 0.4) is 0 Å². The molecule has 29 heavy (non-hydrogen) atoms. The van der Waals surface area contributed by atoms with Gasteiger partial charge in [0.25, 0.3) is 0 Å². The molecule has 1 heterocycles. The molecule has 146 valence electrons. The number of amides is 2. The first-order chi connectivity index (χ1) is 14.1. The third-order valence-corrected chi connectivity index (χ3v) is 4.84. The smallest absolute Gasteiger partial charge is 0.319 e. The Balaban J connectivity index is 1.56. The molecule has 3 aromatic carbocycles. The van der Waals surface area contributed by atoms with Gasteiger partial charge in [0.1, 0.15) is 11.6 Å². The minimum Gasteiger partial charge on any atom is -0.361 e. The van der Waals surface area contributed by atoms with Crippen molar-refractivity contribution in [3.8, 4) is 0 Å². The Morgan fingerprint density at radius 2 is 1.55 bits per heavy atom. The minimum atomic E-state index is -0.399. The monoisotopic (exact) mass is 391 g/mol. The molecule has 4 aromatic rings. The van der Waals surface area contributed by atoms with Crippen molar-refractivity contribution in [3.05, 3.63) is 102 Å². The van der Waals surface area contributed by atoms with Crippen LogP contribution in [0.4, 0.5) is 19.3 Å². The topological polar surface area (TPSA) is 56.9 Å². The molecule has 0 unspecified atom stereocenters.